The van der Waals surface area contributed by atoms with Crippen molar-refractivity contribution < 1.29 is 17.9 Å². The average Bonchev–Trinajstić information content (AvgIpc) is 3.07. The van der Waals surface area contributed by atoms with E-state index < -0.39 is 10.0 Å². The zero-order chi connectivity index (χ0) is 20.3. The number of nitrogens with zero attached hydrogens (tertiary/aromatic N) is 2. The number of para-hydroxylation sites is 1. The van der Waals surface area contributed by atoms with E-state index in [1.165, 1.54) is 6.20 Å². The first-order chi connectivity index (χ1) is 13.2. The Labute approximate surface area is 165 Å². The minimum absolute atomic E-state index is 0.00959. The largest absolute Gasteiger partial charge is 0.483 e. The summed E-state index contributed by atoms with van der Waals surface area (Å²) in [5.74, 6) is 0.659. The predicted octanol–water partition coefficient (Wildman–Crippen LogP) is 2.18. The number of carbonyl (C=O) groups excluding carboxylic acids is 1. The number of ether oxygens (including phenoxy) is 1. The van der Waals surface area contributed by atoms with Crippen molar-refractivity contribution in [3.8, 4) is 5.75 Å². The van der Waals surface area contributed by atoms with Gasteiger partial charge in [-0.05, 0) is 37.8 Å². The second-order valence-corrected chi connectivity index (χ2v) is 9.01. The molecule has 9 heteroatoms. The van der Waals surface area contributed by atoms with Crippen molar-refractivity contribution in [2.75, 3.05) is 30.7 Å². The number of anilines is 1. The second kappa shape index (κ2) is 8.22. The number of aryl methyl sites for hydroxylation is 2. The normalized spacial score (nSPS) is 17.4. The fourth-order valence-electron chi connectivity index (χ4n) is 3.58. The van der Waals surface area contributed by atoms with Crippen molar-refractivity contribution in [3.05, 3.63) is 41.2 Å². The first-order valence-electron chi connectivity index (χ1n) is 9.22. The van der Waals surface area contributed by atoms with Crippen LogP contribution in [-0.4, -0.2) is 55.4 Å². The van der Waals surface area contributed by atoms with Crippen LogP contribution in [0.5, 0.6) is 5.75 Å². The molecular formula is C19H26N4O4S. The van der Waals surface area contributed by atoms with E-state index >= 15 is 0 Å². The molecule has 0 aliphatic carbocycles. The van der Waals surface area contributed by atoms with Crippen molar-refractivity contribution in [2.24, 2.45) is 0 Å². The Kier molecular flexibility index (Phi) is 5.93. The number of benzene rings is 1. The van der Waals surface area contributed by atoms with Crippen molar-refractivity contribution in [1.82, 2.24) is 15.1 Å². The molecule has 0 spiro atoms. The lowest BCUT2D eigenvalue weighted by Crippen LogP contribution is -2.41. The molecule has 1 aliphatic rings. The number of nitrogens with one attached hydrogen (secondary N) is 2. The van der Waals surface area contributed by atoms with Gasteiger partial charge in [0.15, 0.2) is 6.61 Å². The predicted molar refractivity (Wildman–Crippen MR) is 107 cm³/mol. The number of rotatable bonds is 6. The van der Waals surface area contributed by atoms with E-state index in [0.717, 1.165) is 36.0 Å². The molecule has 3 rings (SSSR count). The van der Waals surface area contributed by atoms with E-state index in [1.54, 1.807) is 4.90 Å². The van der Waals surface area contributed by atoms with Crippen LogP contribution in [0.3, 0.4) is 0 Å². The Balaban J connectivity index is 1.65. The Morgan fingerprint density at radius 2 is 2.07 bits per heavy atom. The molecule has 1 aromatic heterocycles. The molecule has 152 valence electrons. The van der Waals surface area contributed by atoms with E-state index in [0.29, 0.717) is 24.5 Å². The van der Waals surface area contributed by atoms with Gasteiger partial charge in [0, 0.05) is 19.0 Å². The van der Waals surface area contributed by atoms with E-state index in [9.17, 15) is 13.2 Å². The monoisotopic (exact) mass is 406 g/mol. The molecule has 2 aromatic rings. The van der Waals surface area contributed by atoms with Gasteiger partial charge in [0.2, 0.25) is 10.0 Å². The Morgan fingerprint density at radius 3 is 2.75 bits per heavy atom. The smallest absolute Gasteiger partial charge is 0.260 e. The van der Waals surface area contributed by atoms with E-state index in [1.807, 2.05) is 32.0 Å². The maximum atomic E-state index is 12.7. The van der Waals surface area contributed by atoms with Crippen molar-refractivity contribution in [1.29, 1.82) is 0 Å². The fraction of sp³-hybridized carbons (Fsp3) is 0.474. The standard InChI is InChI=1S/C19H26N4O4S/c1-13-6-4-7-14(2)19(13)27-12-17(24)23-9-5-8-15(11-23)18-16(10-20-21-18)22-28(3,25)26/h4,6-7,10,15,22H,5,8-9,11-12H2,1-3H3,(H,20,21). The van der Waals surface area contributed by atoms with Crippen LogP contribution in [0, 0.1) is 13.8 Å². The number of hydrogen-bond acceptors (Lipinski definition) is 5. The molecule has 1 fully saturated rings. The molecule has 1 unspecified atom stereocenters. The maximum absolute atomic E-state index is 12.7. The van der Waals surface area contributed by atoms with Gasteiger partial charge in [0.1, 0.15) is 5.75 Å². The number of hydrogen-bond donors (Lipinski definition) is 2. The lowest BCUT2D eigenvalue weighted by molar-refractivity contribution is -0.134. The van der Waals surface area contributed by atoms with E-state index in [4.69, 9.17) is 4.74 Å². The highest BCUT2D eigenvalue weighted by Gasteiger charge is 2.28. The number of H-pyrrole nitrogens is 1. The maximum Gasteiger partial charge on any atom is 0.260 e. The lowest BCUT2D eigenvalue weighted by atomic mass is 9.94. The molecule has 1 atom stereocenters. The summed E-state index contributed by atoms with van der Waals surface area (Å²) in [6.07, 6.45) is 4.24. The van der Waals surface area contributed by atoms with Crippen molar-refractivity contribution in [3.63, 3.8) is 0 Å². The summed E-state index contributed by atoms with van der Waals surface area (Å²) in [5, 5.41) is 6.85. The van der Waals surface area contributed by atoms with Gasteiger partial charge in [-0.2, -0.15) is 5.10 Å². The molecule has 1 aliphatic heterocycles. The highest BCUT2D eigenvalue weighted by Crippen LogP contribution is 2.31. The first-order valence-corrected chi connectivity index (χ1v) is 11.1. The number of aromatic amines is 1. The quantitative estimate of drug-likeness (QED) is 0.765. The number of sulfonamides is 1. The highest BCUT2D eigenvalue weighted by molar-refractivity contribution is 7.92. The number of amides is 1. The number of piperidine rings is 1. The zero-order valence-corrected chi connectivity index (χ0v) is 17.2. The molecule has 1 amide bonds. The van der Waals surface area contributed by atoms with Crippen LogP contribution in [0.4, 0.5) is 5.69 Å². The molecule has 2 N–H and O–H groups in total. The van der Waals surface area contributed by atoms with Crippen LogP contribution in [0.15, 0.2) is 24.4 Å². The Hall–Kier alpha value is -2.55. The molecule has 0 radical (unpaired) electrons. The molecule has 1 aromatic carbocycles. The summed E-state index contributed by atoms with van der Waals surface area (Å²) in [5.41, 5.74) is 3.14. The van der Waals surface area contributed by atoms with Gasteiger partial charge in [0.05, 0.1) is 23.8 Å². The third-order valence-corrected chi connectivity index (χ3v) is 5.49. The van der Waals surface area contributed by atoms with Crippen molar-refractivity contribution >= 4 is 21.6 Å². The SMILES string of the molecule is Cc1cccc(C)c1OCC(=O)N1CCCC(c2[nH]ncc2NS(C)(=O)=O)C1. The number of likely N-dealkylation sites (tertiary alicyclic amines) is 1. The fourth-order valence-corrected chi connectivity index (χ4v) is 4.14. The summed E-state index contributed by atoms with van der Waals surface area (Å²) < 4.78 is 31.4. The topological polar surface area (TPSA) is 104 Å². The third kappa shape index (κ3) is 4.83. The van der Waals surface area contributed by atoms with Crippen LogP contribution in [-0.2, 0) is 14.8 Å². The summed E-state index contributed by atoms with van der Waals surface area (Å²) >= 11 is 0. The highest BCUT2D eigenvalue weighted by atomic mass is 32.2. The van der Waals surface area contributed by atoms with Gasteiger partial charge in [-0.3, -0.25) is 14.6 Å². The van der Waals surface area contributed by atoms with Gasteiger partial charge in [-0.15, -0.1) is 0 Å². The number of aromatic nitrogens is 2. The van der Waals surface area contributed by atoms with Gasteiger partial charge in [-0.25, -0.2) is 8.42 Å². The molecule has 0 saturated carbocycles. The average molecular weight is 407 g/mol. The van der Waals surface area contributed by atoms with Gasteiger partial charge in [-0.1, -0.05) is 18.2 Å². The van der Waals surface area contributed by atoms with Gasteiger partial charge < -0.3 is 9.64 Å². The third-order valence-electron chi connectivity index (χ3n) is 4.90. The zero-order valence-electron chi connectivity index (χ0n) is 16.4. The second-order valence-electron chi connectivity index (χ2n) is 7.26. The summed E-state index contributed by atoms with van der Waals surface area (Å²) in [6.45, 7) is 5.05. The van der Waals surface area contributed by atoms with Crippen LogP contribution in [0.2, 0.25) is 0 Å². The Bertz CT molecular complexity index is 934. The first kappa shape index (κ1) is 20.2. The van der Waals surface area contributed by atoms with E-state index in [-0.39, 0.29) is 18.4 Å². The van der Waals surface area contributed by atoms with E-state index in [2.05, 4.69) is 14.9 Å². The molecule has 0 bridgehead atoms. The molecular weight excluding hydrogens is 380 g/mol. The van der Waals surface area contributed by atoms with Crippen LogP contribution < -0.4 is 9.46 Å². The van der Waals surface area contributed by atoms with Crippen LogP contribution in [0.25, 0.3) is 0 Å². The number of carbonyl (C=O) groups is 1. The molecule has 8 nitrogen and oxygen atoms in total. The lowest BCUT2D eigenvalue weighted by Gasteiger charge is -2.32. The van der Waals surface area contributed by atoms with Crippen LogP contribution >= 0.6 is 0 Å². The summed E-state index contributed by atoms with van der Waals surface area (Å²) in [4.78, 5) is 14.5. The molecule has 1 saturated heterocycles. The van der Waals surface area contributed by atoms with Gasteiger partial charge in [0.25, 0.3) is 5.91 Å². The van der Waals surface area contributed by atoms with Crippen LogP contribution in [0.1, 0.15) is 35.6 Å². The Morgan fingerprint density at radius 1 is 1.36 bits per heavy atom. The minimum atomic E-state index is -3.40. The summed E-state index contributed by atoms with van der Waals surface area (Å²) in [7, 11) is -3.40. The summed E-state index contributed by atoms with van der Waals surface area (Å²) in [6, 6.07) is 5.87. The minimum Gasteiger partial charge on any atom is -0.483 e. The molecule has 28 heavy (non-hydrogen) atoms. The van der Waals surface area contributed by atoms with Crippen molar-refractivity contribution in [2.45, 2.75) is 32.6 Å². The van der Waals surface area contributed by atoms with Gasteiger partial charge >= 0.3 is 0 Å². The molecule has 2 heterocycles.